The number of carbonyl (C=O) groups is 2. The fourth-order valence-electron chi connectivity index (χ4n) is 3.20. The number of H-pyrrole nitrogens is 1. The van der Waals surface area contributed by atoms with E-state index in [0.717, 1.165) is 32.7 Å². The lowest BCUT2D eigenvalue weighted by Crippen LogP contribution is -2.11. The van der Waals surface area contributed by atoms with E-state index in [1.54, 1.807) is 0 Å². The number of hydrogen-bond acceptors (Lipinski definition) is 5. The predicted molar refractivity (Wildman–Crippen MR) is 115 cm³/mol. The van der Waals surface area contributed by atoms with Crippen molar-refractivity contribution >= 4 is 50.4 Å². The number of thiazole rings is 1. The van der Waals surface area contributed by atoms with Crippen LogP contribution in [-0.4, -0.2) is 21.7 Å². The number of Topliss-reactive ketones (excluding diaryl/α,β-unsaturated/α-hetero) is 1. The van der Waals surface area contributed by atoms with Crippen LogP contribution in [0.1, 0.15) is 34.6 Å². The Hall–Kier alpha value is -2.77. The third kappa shape index (κ3) is 3.90. The number of aromatic nitrogens is 2. The van der Waals surface area contributed by atoms with E-state index in [1.165, 1.54) is 22.7 Å². The molecule has 0 fully saturated rings. The number of benzene rings is 1. The van der Waals surface area contributed by atoms with Crippen LogP contribution < -0.4 is 5.32 Å². The number of nitrogens with zero attached hydrogens (tertiary/aromatic N) is 1. The molecule has 5 nitrogen and oxygen atoms in total. The van der Waals surface area contributed by atoms with Crippen molar-refractivity contribution in [1.29, 1.82) is 0 Å². The predicted octanol–water partition coefficient (Wildman–Crippen LogP) is 5.65. The molecule has 4 aromatic rings. The smallest absolute Gasteiger partial charge is 0.226 e. The second-order valence-electron chi connectivity index (χ2n) is 6.51. The van der Waals surface area contributed by atoms with Gasteiger partial charge in [-0.2, -0.15) is 0 Å². The molecular weight excluding hydrogens is 390 g/mol. The zero-order valence-corrected chi connectivity index (χ0v) is 17.0. The van der Waals surface area contributed by atoms with Crippen molar-refractivity contribution in [2.45, 2.75) is 26.2 Å². The Bertz CT molecular complexity index is 1130. The third-order valence-corrected chi connectivity index (χ3v) is 6.17. The zero-order valence-electron chi connectivity index (χ0n) is 15.3. The molecule has 0 spiro atoms. The number of carbonyl (C=O) groups excluding carboxylic acids is 2. The highest BCUT2D eigenvalue weighted by Gasteiger charge is 2.15. The number of thiophene rings is 1. The van der Waals surface area contributed by atoms with Crippen molar-refractivity contribution in [3.63, 3.8) is 0 Å². The maximum absolute atomic E-state index is 12.2. The van der Waals surface area contributed by atoms with Gasteiger partial charge < -0.3 is 10.3 Å². The molecule has 0 saturated heterocycles. The molecule has 0 unspecified atom stereocenters. The van der Waals surface area contributed by atoms with Crippen molar-refractivity contribution in [3.8, 4) is 11.3 Å². The Kier molecular flexibility index (Phi) is 5.36. The molecule has 0 bridgehead atoms. The lowest BCUT2D eigenvalue weighted by molar-refractivity contribution is -0.116. The molecule has 142 valence electrons. The molecule has 3 heterocycles. The Balaban J connectivity index is 1.37. The molecule has 0 aliphatic rings. The van der Waals surface area contributed by atoms with Crippen molar-refractivity contribution in [2.24, 2.45) is 0 Å². The van der Waals surface area contributed by atoms with Crippen molar-refractivity contribution in [2.75, 3.05) is 5.32 Å². The van der Waals surface area contributed by atoms with E-state index in [4.69, 9.17) is 0 Å². The number of aromatic amines is 1. The first-order chi connectivity index (χ1) is 13.6. The van der Waals surface area contributed by atoms with Crippen LogP contribution >= 0.6 is 22.7 Å². The van der Waals surface area contributed by atoms with Crippen LogP contribution in [0.15, 0.2) is 47.2 Å². The molecule has 0 saturated carbocycles. The molecule has 2 N–H and O–H groups in total. The molecule has 28 heavy (non-hydrogen) atoms. The van der Waals surface area contributed by atoms with Crippen LogP contribution in [0.4, 0.5) is 5.13 Å². The van der Waals surface area contributed by atoms with Gasteiger partial charge in [0.15, 0.2) is 10.9 Å². The van der Waals surface area contributed by atoms with Crippen molar-refractivity contribution in [1.82, 2.24) is 9.97 Å². The Morgan fingerprint density at radius 2 is 1.96 bits per heavy atom. The van der Waals surface area contributed by atoms with Gasteiger partial charge in [0.25, 0.3) is 0 Å². The van der Waals surface area contributed by atoms with Crippen LogP contribution in [0.2, 0.25) is 0 Å². The van der Waals surface area contributed by atoms with Gasteiger partial charge in [-0.15, -0.1) is 22.7 Å². The zero-order chi connectivity index (χ0) is 19.5. The number of para-hydroxylation sites is 1. The van der Waals surface area contributed by atoms with Gasteiger partial charge in [0, 0.05) is 40.4 Å². The lowest BCUT2D eigenvalue weighted by atomic mass is 10.1. The average Bonchev–Trinajstić information content (AvgIpc) is 3.40. The molecule has 7 heteroatoms. The first-order valence-electron chi connectivity index (χ1n) is 9.01. The number of aryl methyl sites for hydroxylation is 1. The van der Waals surface area contributed by atoms with Crippen LogP contribution in [0, 0.1) is 6.92 Å². The fraction of sp³-hybridized carbons (Fsp3) is 0.190. The third-order valence-electron chi connectivity index (χ3n) is 4.50. The van der Waals surface area contributed by atoms with E-state index in [0.29, 0.717) is 24.4 Å². The largest absolute Gasteiger partial charge is 0.358 e. The number of hydrogen-bond donors (Lipinski definition) is 2. The summed E-state index contributed by atoms with van der Waals surface area (Å²) in [4.78, 5) is 32.9. The molecular formula is C21H19N3O2S2. The fourth-order valence-corrected chi connectivity index (χ4v) is 4.62. The van der Waals surface area contributed by atoms with E-state index in [9.17, 15) is 9.59 Å². The Labute approximate surface area is 170 Å². The molecule has 4 rings (SSSR count). The summed E-state index contributed by atoms with van der Waals surface area (Å²) in [6.07, 6.45) is 1.21. The number of nitrogens with one attached hydrogen (secondary N) is 2. The SMILES string of the molecule is Cc1[nH]c2ccccc2c1-c1csc(NC(=O)CCCC(=O)c2cccs2)n1. The van der Waals surface area contributed by atoms with E-state index in [1.807, 2.05) is 48.0 Å². The minimum absolute atomic E-state index is 0.0918. The van der Waals surface area contributed by atoms with Gasteiger partial charge in [-0.1, -0.05) is 24.3 Å². The van der Waals surface area contributed by atoms with E-state index in [-0.39, 0.29) is 11.7 Å². The number of amides is 1. The lowest BCUT2D eigenvalue weighted by Gasteiger charge is -2.01. The number of ketones is 1. The van der Waals surface area contributed by atoms with Crippen molar-refractivity contribution < 1.29 is 9.59 Å². The summed E-state index contributed by atoms with van der Waals surface area (Å²) in [6, 6.07) is 11.8. The van der Waals surface area contributed by atoms with Crippen LogP contribution in [0.3, 0.4) is 0 Å². The first kappa shape index (κ1) is 18.6. The minimum atomic E-state index is -0.115. The molecule has 0 aliphatic carbocycles. The van der Waals surface area contributed by atoms with Gasteiger partial charge in [-0.3, -0.25) is 9.59 Å². The molecule has 1 aromatic carbocycles. The van der Waals surface area contributed by atoms with E-state index < -0.39 is 0 Å². The Morgan fingerprint density at radius 1 is 1.11 bits per heavy atom. The highest BCUT2D eigenvalue weighted by atomic mass is 32.1. The summed E-state index contributed by atoms with van der Waals surface area (Å²) in [5, 5.41) is 8.39. The van der Waals surface area contributed by atoms with Gasteiger partial charge in [0.05, 0.1) is 10.6 Å². The number of anilines is 1. The molecule has 0 atom stereocenters. The van der Waals surface area contributed by atoms with Gasteiger partial charge in [0.1, 0.15) is 0 Å². The summed E-state index contributed by atoms with van der Waals surface area (Å²) in [5.41, 5.74) is 4.04. The van der Waals surface area contributed by atoms with Gasteiger partial charge in [-0.05, 0) is 30.9 Å². The van der Waals surface area contributed by atoms with Crippen LogP contribution in [-0.2, 0) is 4.79 Å². The standard InChI is InChI=1S/C21H19N3O2S2/c1-13-20(14-6-2-3-7-15(14)22-13)16-12-28-21(23-16)24-19(26)10-4-8-17(25)18-9-5-11-27-18/h2-3,5-7,9,11-12,22H,4,8,10H2,1H3,(H,23,24,26). The maximum atomic E-state index is 12.2. The van der Waals surface area contributed by atoms with Gasteiger partial charge >= 0.3 is 0 Å². The summed E-state index contributed by atoms with van der Waals surface area (Å²) >= 11 is 2.84. The van der Waals surface area contributed by atoms with Crippen LogP contribution in [0.25, 0.3) is 22.2 Å². The highest BCUT2D eigenvalue weighted by molar-refractivity contribution is 7.14. The second-order valence-corrected chi connectivity index (χ2v) is 8.32. The topological polar surface area (TPSA) is 74.8 Å². The minimum Gasteiger partial charge on any atom is -0.358 e. The van der Waals surface area contributed by atoms with Crippen LogP contribution in [0.5, 0.6) is 0 Å². The average molecular weight is 410 g/mol. The van der Waals surface area contributed by atoms with Gasteiger partial charge in [-0.25, -0.2) is 4.98 Å². The summed E-state index contributed by atoms with van der Waals surface area (Å²) < 4.78 is 0. The molecule has 0 radical (unpaired) electrons. The molecule has 3 aromatic heterocycles. The summed E-state index contributed by atoms with van der Waals surface area (Å²) in [7, 11) is 0. The van der Waals surface area contributed by atoms with Gasteiger partial charge in [0.2, 0.25) is 5.91 Å². The first-order valence-corrected chi connectivity index (χ1v) is 10.8. The van der Waals surface area contributed by atoms with E-state index >= 15 is 0 Å². The van der Waals surface area contributed by atoms with Crippen molar-refractivity contribution in [3.05, 3.63) is 57.7 Å². The monoisotopic (exact) mass is 409 g/mol. The molecule has 0 aliphatic heterocycles. The summed E-state index contributed by atoms with van der Waals surface area (Å²) in [6.45, 7) is 2.03. The number of rotatable bonds is 7. The number of fused-ring (bicyclic) bond motifs is 1. The Morgan fingerprint density at radius 3 is 2.79 bits per heavy atom. The quantitative estimate of drug-likeness (QED) is 0.387. The normalized spacial score (nSPS) is 11.0. The highest BCUT2D eigenvalue weighted by Crippen LogP contribution is 2.33. The summed E-state index contributed by atoms with van der Waals surface area (Å²) in [5.74, 6) is -0.0234. The molecule has 1 amide bonds. The van der Waals surface area contributed by atoms with E-state index in [2.05, 4.69) is 21.4 Å². The maximum Gasteiger partial charge on any atom is 0.226 e. The second kappa shape index (κ2) is 8.08.